The summed E-state index contributed by atoms with van der Waals surface area (Å²) < 4.78 is 10.6. The van der Waals surface area contributed by atoms with Crippen molar-refractivity contribution < 1.29 is 24.2 Å². The predicted molar refractivity (Wildman–Crippen MR) is 68.7 cm³/mol. The summed E-state index contributed by atoms with van der Waals surface area (Å²) in [7, 11) is -1.87. The third-order valence-electron chi connectivity index (χ3n) is 3.72. The Labute approximate surface area is 113 Å². The van der Waals surface area contributed by atoms with Gasteiger partial charge in [-0.15, -0.1) is 0 Å². The molecule has 0 saturated carbocycles. The molecule has 0 aromatic carbocycles. The first kappa shape index (κ1) is 14.8. The second kappa shape index (κ2) is 6.22. The lowest BCUT2D eigenvalue weighted by molar-refractivity contribution is -0.129. The second-order valence-electron chi connectivity index (χ2n) is 5.81. The zero-order valence-corrected chi connectivity index (χ0v) is 11.4. The van der Waals surface area contributed by atoms with Crippen molar-refractivity contribution in [1.29, 1.82) is 0 Å². The summed E-state index contributed by atoms with van der Waals surface area (Å²) in [5, 5.41) is 20.5. The number of hydrogen-bond acceptors (Lipinski definition) is 5. The van der Waals surface area contributed by atoms with Crippen LogP contribution in [0.4, 0.5) is 0 Å². The van der Waals surface area contributed by atoms with Gasteiger partial charge in [-0.05, 0) is 31.6 Å². The Balaban J connectivity index is 1.87. The van der Waals surface area contributed by atoms with Gasteiger partial charge in [0.1, 0.15) is 6.23 Å². The number of ether oxygens (including phenoxy) is 1. The second-order valence-corrected chi connectivity index (χ2v) is 5.81. The van der Waals surface area contributed by atoms with Gasteiger partial charge in [0.05, 0.1) is 18.1 Å². The molecular formula is C12H22BNO5. The van der Waals surface area contributed by atoms with E-state index in [1.165, 1.54) is 0 Å². The number of hydrogen-bond donors (Lipinski definition) is 3. The van der Waals surface area contributed by atoms with Crippen LogP contribution in [0.5, 0.6) is 0 Å². The van der Waals surface area contributed by atoms with Gasteiger partial charge in [0.25, 0.3) is 0 Å². The summed E-state index contributed by atoms with van der Waals surface area (Å²) >= 11 is 0. The molecule has 1 amide bonds. The van der Waals surface area contributed by atoms with Crippen molar-refractivity contribution in [3.05, 3.63) is 0 Å². The SMILES string of the molecule is CC(C)C[C@H](NC(=O)[C@@H]1C[C@H]2CC[C@@H]1O2)OB(O)O. The van der Waals surface area contributed by atoms with E-state index >= 15 is 0 Å². The fourth-order valence-electron chi connectivity index (χ4n) is 2.90. The van der Waals surface area contributed by atoms with Crippen molar-refractivity contribution in [2.45, 2.75) is 58.0 Å². The van der Waals surface area contributed by atoms with Gasteiger partial charge in [0.2, 0.25) is 5.91 Å². The molecule has 0 aromatic rings. The van der Waals surface area contributed by atoms with Crippen LogP contribution >= 0.6 is 0 Å². The van der Waals surface area contributed by atoms with E-state index in [1.807, 2.05) is 13.8 Å². The van der Waals surface area contributed by atoms with Crippen LogP contribution < -0.4 is 5.32 Å². The standard InChI is InChI=1S/C12H22BNO5/c1-7(2)5-11(19-13(16)17)14-12(15)9-6-8-3-4-10(9)18-8/h7-11,16-17H,3-6H2,1-2H3,(H,14,15)/t8-,9-,10+,11-/m1/s1. The van der Waals surface area contributed by atoms with Crippen LogP contribution in [0, 0.1) is 11.8 Å². The molecule has 6 nitrogen and oxygen atoms in total. The summed E-state index contributed by atoms with van der Waals surface area (Å²) in [6.07, 6.45) is 2.82. The number of nitrogens with one attached hydrogen (secondary N) is 1. The lowest BCUT2D eigenvalue weighted by atomic mass is 9.88. The summed E-state index contributed by atoms with van der Waals surface area (Å²) in [5.74, 6) is 0.0340. The maximum Gasteiger partial charge on any atom is 0.635 e. The predicted octanol–water partition coefficient (Wildman–Crippen LogP) is 0.0284. The average molecular weight is 271 g/mol. The van der Waals surface area contributed by atoms with Gasteiger partial charge in [0.15, 0.2) is 0 Å². The van der Waals surface area contributed by atoms with E-state index in [2.05, 4.69) is 5.32 Å². The highest BCUT2D eigenvalue weighted by Crippen LogP contribution is 2.38. The summed E-state index contributed by atoms with van der Waals surface area (Å²) in [4.78, 5) is 12.2. The zero-order valence-electron chi connectivity index (χ0n) is 11.4. The molecule has 2 fully saturated rings. The Hall–Kier alpha value is -0.625. The first-order chi connectivity index (χ1) is 8.95. The topological polar surface area (TPSA) is 88.0 Å². The molecule has 0 aliphatic carbocycles. The van der Waals surface area contributed by atoms with Crippen LogP contribution in [0.2, 0.25) is 0 Å². The maximum atomic E-state index is 12.2. The molecule has 108 valence electrons. The minimum atomic E-state index is -1.87. The molecule has 2 rings (SSSR count). The van der Waals surface area contributed by atoms with Crippen LogP contribution in [0.15, 0.2) is 0 Å². The van der Waals surface area contributed by atoms with Gasteiger partial charge in [-0.1, -0.05) is 13.8 Å². The smallest absolute Gasteiger partial charge is 0.402 e. The maximum absolute atomic E-state index is 12.2. The number of carbonyl (C=O) groups is 1. The molecule has 2 bridgehead atoms. The minimum absolute atomic E-state index is 0.0174. The Morgan fingerprint density at radius 1 is 1.47 bits per heavy atom. The van der Waals surface area contributed by atoms with E-state index in [0.717, 1.165) is 19.3 Å². The van der Waals surface area contributed by atoms with E-state index in [9.17, 15) is 4.79 Å². The molecule has 2 aliphatic heterocycles. The largest absolute Gasteiger partial charge is 0.635 e. The monoisotopic (exact) mass is 271 g/mol. The van der Waals surface area contributed by atoms with Crippen molar-refractivity contribution in [2.24, 2.45) is 11.8 Å². The Morgan fingerprint density at radius 2 is 2.21 bits per heavy atom. The Kier molecular flexibility index (Phi) is 4.84. The highest BCUT2D eigenvalue weighted by atomic mass is 16.6. The van der Waals surface area contributed by atoms with Gasteiger partial charge >= 0.3 is 7.32 Å². The Morgan fingerprint density at radius 3 is 2.68 bits per heavy atom. The van der Waals surface area contributed by atoms with E-state index in [4.69, 9.17) is 19.4 Å². The van der Waals surface area contributed by atoms with Crippen LogP contribution in [-0.4, -0.2) is 41.7 Å². The molecule has 19 heavy (non-hydrogen) atoms. The zero-order chi connectivity index (χ0) is 14.0. The lowest BCUT2D eigenvalue weighted by Gasteiger charge is -2.24. The van der Waals surface area contributed by atoms with E-state index in [0.29, 0.717) is 6.42 Å². The first-order valence-corrected chi connectivity index (χ1v) is 6.93. The summed E-state index contributed by atoms with van der Waals surface area (Å²) in [5.41, 5.74) is 0. The molecule has 0 unspecified atom stereocenters. The number of amides is 1. The van der Waals surface area contributed by atoms with Crippen LogP contribution in [0.25, 0.3) is 0 Å². The molecule has 3 N–H and O–H groups in total. The normalized spacial score (nSPS) is 30.7. The molecule has 2 saturated heterocycles. The molecule has 0 spiro atoms. The number of carbonyl (C=O) groups excluding carboxylic acids is 1. The van der Waals surface area contributed by atoms with E-state index < -0.39 is 13.5 Å². The molecule has 4 atom stereocenters. The van der Waals surface area contributed by atoms with E-state index in [-0.39, 0.29) is 30.0 Å². The fourth-order valence-corrected chi connectivity index (χ4v) is 2.90. The van der Waals surface area contributed by atoms with Crippen molar-refractivity contribution >= 4 is 13.2 Å². The van der Waals surface area contributed by atoms with Crippen LogP contribution in [-0.2, 0) is 14.2 Å². The molecule has 0 aromatic heterocycles. The highest BCUT2D eigenvalue weighted by Gasteiger charge is 2.44. The van der Waals surface area contributed by atoms with Crippen molar-refractivity contribution in [3.8, 4) is 0 Å². The van der Waals surface area contributed by atoms with Gasteiger partial charge in [0, 0.05) is 0 Å². The molecular weight excluding hydrogens is 249 g/mol. The number of rotatable bonds is 6. The van der Waals surface area contributed by atoms with Gasteiger partial charge in [-0.3, -0.25) is 4.79 Å². The fraction of sp³-hybridized carbons (Fsp3) is 0.917. The van der Waals surface area contributed by atoms with E-state index in [1.54, 1.807) is 0 Å². The average Bonchev–Trinajstić information content (AvgIpc) is 2.88. The summed E-state index contributed by atoms with van der Waals surface area (Å²) in [6, 6.07) is 0. The van der Waals surface area contributed by atoms with Gasteiger partial charge in [-0.2, -0.15) is 0 Å². The number of fused-ring (bicyclic) bond motifs is 2. The van der Waals surface area contributed by atoms with Crippen molar-refractivity contribution in [3.63, 3.8) is 0 Å². The van der Waals surface area contributed by atoms with Crippen LogP contribution in [0.1, 0.15) is 39.5 Å². The van der Waals surface area contributed by atoms with Crippen LogP contribution in [0.3, 0.4) is 0 Å². The third kappa shape index (κ3) is 3.92. The van der Waals surface area contributed by atoms with Gasteiger partial charge in [-0.25, -0.2) is 0 Å². The molecule has 7 heteroatoms. The van der Waals surface area contributed by atoms with Gasteiger partial charge < -0.3 is 24.8 Å². The third-order valence-corrected chi connectivity index (χ3v) is 3.72. The lowest BCUT2D eigenvalue weighted by Crippen LogP contribution is -2.46. The first-order valence-electron chi connectivity index (χ1n) is 6.93. The Bertz CT molecular complexity index is 315. The highest BCUT2D eigenvalue weighted by molar-refractivity contribution is 6.32. The molecule has 2 aliphatic rings. The van der Waals surface area contributed by atoms with Crippen molar-refractivity contribution in [1.82, 2.24) is 5.32 Å². The molecule has 0 radical (unpaired) electrons. The quantitative estimate of drug-likeness (QED) is 0.468. The molecule has 2 heterocycles. The van der Waals surface area contributed by atoms with Crippen molar-refractivity contribution in [2.75, 3.05) is 0 Å². The summed E-state index contributed by atoms with van der Waals surface area (Å²) in [6.45, 7) is 3.96. The minimum Gasteiger partial charge on any atom is -0.402 e.